The van der Waals surface area contributed by atoms with Gasteiger partial charge >= 0.3 is 0 Å². The lowest BCUT2D eigenvalue weighted by Gasteiger charge is -2.27. The lowest BCUT2D eigenvalue weighted by atomic mass is 10.2. The van der Waals surface area contributed by atoms with Crippen molar-refractivity contribution in [2.24, 2.45) is 0 Å². The second-order valence-electron chi connectivity index (χ2n) is 5.09. The third kappa shape index (κ3) is 3.03. The first-order valence-electron chi connectivity index (χ1n) is 6.89. The van der Waals surface area contributed by atoms with E-state index in [0.29, 0.717) is 12.3 Å². The molecular weight excluding hydrogens is 284 g/mol. The van der Waals surface area contributed by atoms with Crippen molar-refractivity contribution in [3.63, 3.8) is 0 Å². The Morgan fingerprint density at radius 2 is 2.05 bits per heavy atom. The van der Waals surface area contributed by atoms with Crippen LogP contribution >= 0.6 is 11.6 Å². The molecule has 0 saturated heterocycles. The molecule has 1 atom stereocenters. The zero-order chi connectivity index (χ0) is 15.4. The van der Waals surface area contributed by atoms with Crippen molar-refractivity contribution in [2.75, 3.05) is 11.9 Å². The maximum absolute atomic E-state index is 8.93. The molecule has 0 bridgehead atoms. The minimum Gasteiger partial charge on any atom is -0.356 e. The molecule has 0 fully saturated rings. The van der Waals surface area contributed by atoms with Crippen LogP contribution in [0.4, 0.5) is 5.82 Å². The lowest BCUT2D eigenvalue weighted by molar-refractivity contribution is 0.675. The van der Waals surface area contributed by atoms with E-state index in [1.54, 1.807) is 0 Å². The Labute approximate surface area is 130 Å². The van der Waals surface area contributed by atoms with E-state index in [-0.39, 0.29) is 6.04 Å². The van der Waals surface area contributed by atoms with Gasteiger partial charge in [0, 0.05) is 18.7 Å². The van der Waals surface area contributed by atoms with Crippen LogP contribution in [0.15, 0.2) is 30.3 Å². The van der Waals surface area contributed by atoms with Crippen molar-refractivity contribution in [3.05, 3.63) is 41.6 Å². The fourth-order valence-electron chi connectivity index (χ4n) is 2.29. The molecule has 0 aliphatic carbocycles. The van der Waals surface area contributed by atoms with Crippen molar-refractivity contribution in [2.45, 2.75) is 32.2 Å². The number of hydrogen-bond donors (Lipinski definition) is 0. The summed E-state index contributed by atoms with van der Waals surface area (Å²) < 4.78 is 1.90. The predicted octanol–water partition coefficient (Wildman–Crippen LogP) is 3.66. The highest BCUT2D eigenvalue weighted by molar-refractivity contribution is 6.17. The van der Waals surface area contributed by atoms with E-state index >= 15 is 0 Å². The number of benzene rings is 1. The van der Waals surface area contributed by atoms with Crippen LogP contribution in [0.25, 0.3) is 5.69 Å². The lowest BCUT2D eigenvalue weighted by Crippen LogP contribution is -2.31. The number of hydrogen-bond acceptors (Lipinski definition) is 3. The van der Waals surface area contributed by atoms with Crippen molar-refractivity contribution < 1.29 is 0 Å². The van der Waals surface area contributed by atoms with Gasteiger partial charge in [0.25, 0.3) is 0 Å². The highest BCUT2D eigenvalue weighted by Crippen LogP contribution is 2.29. The predicted molar refractivity (Wildman–Crippen MR) is 86.0 cm³/mol. The molecule has 110 valence electrons. The third-order valence-corrected chi connectivity index (χ3v) is 3.94. The topological polar surface area (TPSA) is 44.9 Å². The fraction of sp³-hybridized carbons (Fsp3) is 0.375. The minimum atomic E-state index is 0.0931. The quantitative estimate of drug-likeness (QED) is 0.792. The summed E-state index contributed by atoms with van der Waals surface area (Å²) in [4.78, 5) is 2.08. The Morgan fingerprint density at radius 1 is 1.38 bits per heavy atom. The van der Waals surface area contributed by atoms with Gasteiger partial charge in [0.2, 0.25) is 0 Å². The summed E-state index contributed by atoms with van der Waals surface area (Å²) >= 11 is 6.12. The molecule has 2 aromatic rings. The number of para-hydroxylation sites is 1. The van der Waals surface area contributed by atoms with E-state index in [1.807, 2.05) is 55.9 Å². The van der Waals surface area contributed by atoms with Crippen LogP contribution in [0, 0.1) is 18.3 Å². The molecule has 1 aromatic heterocycles. The summed E-state index contributed by atoms with van der Waals surface area (Å²) in [6, 6.07) is 12.3. The average molecular weight is 303 g/mol. The van der Waals surface area contributed by atoms with Crippen LogP contribution in [0.2, 0.25) is 0 Å². The Hall–Kier alpha value is -1.99. The molecule has 0 radical (unpaired) electrons. The Balaban J connectivity index is 2.55. The van der Waals surface area contributed by atoms with Gasteiger partial charge in [-0.15, -0.1) is 11.6 Å². The number of alkyl halides is 1. The summed E-state index contributed by atoms with van der Waals surface area (Å²) in [5.41, 5.74) is 2.91. The number of anilines is 1. The van der Waals surface area contributed by atoms with Crippen LogP contribution in [0.5, 0.6) is 0 Å². The summed E-state index contributed by atoms with van der Waals surface area (Å²) in [5, 5.41) is 13.5. The van der Waals surface area contributed by atoms with Gasteiger partial charge in [-0.2, -0.15) is 10.4 Å². The number of nitriles is 1. The second-order valence-corrected chi connectivity index (χ2v) is 5.36. The zero-order valence-corrected chi connectivity index (χ0v) is 13.3. The van der Waals surface area contributed by atoms with Gasteiger partial charge in [-0.3, -0.25) is 0 Å². The SMILES string of the molecule is Cc1nn(-c2ccccc2)c(N(C)C(C)CC#N)c1CCl. The number of aryl methyl sites for hydroxylation is 1. The van der Waals surface area contributed by atoms with Gasteiger partial charge in [0.15, 0.2) is 0 Å². The molecule has 1 unspecified atom stereocenters. The normalized spacial score (nSPS) is 12.0. The molecule has 1 heterocycles. The zero-order valence-electron chi connectivity index (χ0n) is 12.5. The molecule has 0 aliphatic heterocycles. The first kappa shape index (κ1) is 15.4. The van der Waals surface area contributed by atoms with Crippen LogP contribution in [0.1, 0.15) is 24.6 Å². The summed E-state index contributed by atoms with van der Waals surface area (Å²) in [5.74, 6) is 1.36. The van der Waals surface area contributed by atoms with Crippen LogP contribution in [0.3, 0.4) is 0 Å². The smallest absolute Gasteiger partial charge is 0.137 e. The van der Waals surface area contributed by atoms with E-state index in [0.717, 1.165) is 22.8 Å². The van der Waals surface area contributed by atoms with Crippen LogP contribution < -0.4 is 4.90 Å². The van der Waals surface area contributed by atoms with E-state index in [9.17, 15) is 0 Å². The highest BCUT2D eigenvalue weighted by atomic mass is 35.5. The van der Waals surface area contributed by atoms with Crippen molar-refractivity contribution in [1.82, 2.24) is 9.78 Å². The monoisotopic (exact) mass is 302 g/mol. The molecule has 2 rings (SSSR count). The number of rotatable bonds is 5. The summed E-state index contributed by atoms with van der Waals surface area (Å²) in [6.45, 7) is 3.99. The standard InChI is InChI=1S/C16H19ClN4/c1-12(9-10-18)20(3)16-15(11-17)13(2)19-21(16)14-7-5-4-6-8-14/h4-8,12H,9,11H2,1-3H3. The Bertz CT molecular complexity index is 642. The molecule has 0 spiro atoms. The maximum Gasteiger partial charge on any atom is 0.137 e. The highest BCUT2D eigenvalue weighted by Gasteiger charge is 2.22. The van der Waals surface area contributed by atoms with E-state index in [1.165, 1.54) is 0 Å². The van der Waals surface area contributed by atoms with Gasteiger partial charge < -0.3 is 4.90 Å². The van der Waals surface area contributed by atoms with E-state index in [4.69, 9.17) is 16.9 Å². The van der Waals surface area contributed by atoms with Gasteiger partial charge in [-0.1, -0.05) is 18.2 Å². The van der Waals surface area contributed by atoms with Crippen molar-refractivity contribution in [1.29, 1.82) is 5.26 Å². The molecule has 4 nitrogen and oxygen atoms in total. The molecule has 0 amide bonds. The minimum absolute atomic E-state index is 0.0931. The van der Waals surface area contributed by atoms with Gasteiger partial charge in [-0.25, -0.2) is 4.68 Å². The molecule has 21 heavy (non-hydrogen) atoms. The third-order valence-electron chi connectivity index (χ3n) is 3.67. The first-order valence-corrected chi connectivity index (χ1v) is 7.43. The molecule has 0 N–H and O–H groups in total. The summed E-state index contributed by atoms with van der Waals surface area (Å²) in [7, 11) is 1.98. The number of halogens is 1. The van der Waals surface area contributed by atoms with Crippen molar-refractivity contribution >= 4 is 17.4 Å². The summed E-state index contributed by atoms with van der Waals surface area (Å²) in [6.07, 6.45) is 0.456. The Morgan fingerprint density at radius 3 is 2.62 bits per heavy atom. The molecule has 0 saturated carbocycles. The van der Waals surface area contributed by atoms with Gasteiger partial charge in [-0.05, 0) is 26.0 Å². The molecule has 5 heteroatoms. The number of nitrogens with zero attached hydrogens (tertiary/aromatic N) is 4. The first-order chi connectivity index (χ1) is 10.1. The van der Waals surface area contributed by atoms with E-state index < -0.39 is 0 Å². The van der Waals surface area contributed by atoms with Gasteiger partial charge in [0.1, 0.15) is 5.82 Å². The maximum atomic E-state index is 8.93. The molecule has 0 aliphatic rings. The van der Waals surface area contributed by atoms with E-state index in [2.05, 4.69) is 16.1 Å². The average Bonchev–Trinajstić information content (AvgIpc) is 2.84. The van der Waals surface area contributed by atoms with Crippen molar-refractivity contribution in [3.8, 4) is 11.8 Å². The van der Waals surface area contributed by atoms with Crippen LogP contribution in [-0.4, -0.2) is 22.9 Å². The fourth-order valence-corrected chi connectivity index (χ4v) is 2.61. The van der Waals surface area contributed by atoms with Crippen LogP contribution in [-0.2, 0) is 5.88 Å². The Kier molecular flexibility index (Phi) is 4.87. The molecular formula is C16H19ClN4. The largest absolute Gasteiger partial charge is 0.356 e. The number of aromatic nitrogens is 2. The molecule has 1 aromatic carbocycles. The second kappa shape index (κ2) is 6.64. The van der Waals surface area contributed by atoms with Gasteiger partial charge in [0.05, 0.1) is 29.8 Å².